The van der Waals surface area contributed by atoms with E-state index in [9.17, 15) is 29.4 Å². The maximum Gasteiger partial charge on any atom is 0.326 e. The number of likely N-dealkylation sites (tertiary alicyclic amines) is 1. The van der Waals surface area contributed by atoms with Crippen LogP contribution in [0.15, 0.2) is 22.0 Å². The van der Waals surface area contributed by atoms with Gasteiger partial charge in [0.25, 0.3) is 0 Å². The number of ether oxygens (including phenoxy) is 2. The van der Waals surface area contributed by atoms with Gasteiger partial charge in [-0.25, -0.2) is 4.79 Å². The van der Waals surface area contributed by atoms with Crippen molar-refractivity contribution in [2.45, 2.75) is 35.6 Å². The summed E-state index contributed by atoms with van der Waals surface area (Å²) in [5, 5.41) is 20.7. The highest BCUT2D eigenvalue weighted by Gasteiger charge is 2.70. The molecule has 0 unspecified atom stereocenters. The molecule has 0 spiro atoms. The molecule has 6 rings (SSSR count). The van der Waals surface area contributed by atoms with E-state index >= 15 is 0 Å². The Balaban J connectivity index is 1.48. The van der Waals surface area contributed by atoms with Crippen molar-refractivity contribution in [2.75, 3.05) is 14.2 Å². The second kappa shape index (κ2) is 8.01. The van der Waals surface area contributed by atoms with Gasteiger partial charge in [0.2, 0.25) is 17.6 Å². The summed E-state index contributed by atoms with van der Waals surface area (Å²) in [6.45, 7) is 1.36. The number of aromatic amines is 1. The van der Waals surface area contributed by atoms with Crippen LogP contribution < -0.4 is 14.3 Å². The highest BCUT2D eigenvalue weighted by atomic mass is 32.2. The molecule has 1 aromatic heterocycles. The summed E-state index contributed by atoms with van der Waals surface area (Å²) in [5.74, 6) is -3.44. The number of nitrogens with one attached hydrogen (secondary N) is 1. The largest absolute Gasteiger partial charge is 0.502 e. The van der Waals surface area contributed by atoms with E-state index in [0.29, 0.717) is 6.42 Å². The van der Waals surface area contributed by atoms with Gasteiger partial charge in [0, 0.05) is 16.0 Å². The number of phenols is 1. The SMILES string of the molecule is COc1cc([C@@H]2c3sc(=O)[nH]c3S[C@@H]3[C@H]4C[C@@H]([C@@H]5C(=O)N([C@H](C)C(=O)O)C(=O)[C@@H]45)[C@@H]23)cc(OC)c1O. The molecule has 1 saturated heterocycles. The molecule has 2 saturated carbocycles. The molecule has 4 aliphatic rings. The molecule has 0 radical (unpaired) electrons. The number of H-pyrrole nitrogens is 1. The van der Waals surface area contributed by atoms with Crippen LogP contribution in [0.25, 0.3) is 0 Å². The zero-order chi connectivity index (χ0) is 25.6. The summed E-state index contributed by atoms with van der Waals surface area (Å²) in [4.78, 5) is 55.4. The van der Waals surface area contributed by atoms with Gasteiger partial charge in [-0.1, -0.05) is 11.3 Å². The second-order valence-corrected chi connectivity index (χ2v) is 12.0. The summed E-state index contributed by atoms with van der Waals surface area (Å²) < 4.78 is 10.8. The molecule has 2 aromatic rings. The number of carboxylic acids is 1. The standard InChI is InChI=1S/C24H24N2O8S2/c1-7(23(30)31)26-21(28)15-9-6-10(16(15)22(26)29)18-14(9)13(19-20(35-18)25-24(32)36-19)8-4-11(33-2)17(27)12(5-8)34-3/h4-5,7,9-10,13-16,18,27H,6H2,1-3H3,(H,25,32)(H,30,31)/t7-,9-,10+,13+,14+,15+,16+,18-/m1/s1. The van der Waals surface area contributed by atoms with Gasteiger partial charge in [-0.3, -0.25) is 19.3 Å². The van der Waals surface area contributed by atoms with Crippen LogP contribution in [0.4, 0.5) is 0 Å². The number of nitrogens with zero attached hydrogens (tertiary/aromatic N) is 1. The first-order valence-electron chi connectivity index (χ1n) is 11.6. The molecule has 8 atom stereocenters. The molecule has 2 aliphatic carbocycles. The number of carboxylic acid groups (broad SMARTS) is 1. The van der Waals surface area contributed by atoms with E-state index in [1.165, 1.54) is 21.1 Å². The van der Waals surface area contributed by atoms with Crippen LogP contribution in [0.2, 0.25) is 0 Å². The number of aliphatic carboxylic acids is 1. The second-order valence-electron chi connectivity index (χ2n) is 9.80. The number of carbonyl (C=O) groups excluding carboxylic acids is 2. The van der Waals surface area contributed by atoms with E-state index in [-0.39, 0.29) is 51.0 Å². The lowest BCUT2D eigenvalue weighted by atomic mass is 9.68. The summed E-state index contributed by atoms with van der Waals surface area (Å²) in [6, 6.07) is 2.24. The van der Waals surface area contributed by atoms with Gasteiger partial charge in [0.1, 0.15) is 6.04 Å². The fourth-order valence-corrected chi connectivity index (χ4v) is 9.89. The number of hydrogen-bond donors (Lipinski definition) is 3. The predicted octanol–water partition coefficient (Wildman–Crippen LogP) is 2.11. The third-order valence-electron chi connectivity index (χ3n) is 8.36. The van der Waals surface area contributed by atoms with E-state index < -0.39 is 35.7 Å². The maximum absolute atomic E-state index is 13.5. The van der Waals surface area contributed by atoms with Gasteiger partial charge in [-0.2, -0.15) is 0 Å². The van der Waals surface area contributed by atoms with Gasteiger partial charge >= 0.3 is 10.8 Å². The molecule has 1 aromatic carbocycles. The van der Waals surface area contributed by atoms with E-state index in [0.717, 1.165) is 31.7 Å². The number of aromatic nitrogens is 1. The molecule has 2 amide bonds. The number of fused-ring (bicyclic) bond motifs is 9. The average Bonchev–Trinajstić information content (AvgIpc) is 3.57. The number of carbonyl (C=O) groups is 3. The van der Waals surface area contributed by atoms with E-state index in [4.69, 9.17) is 9.47 Å². The molecule has 2 bridgehead atoms. The lowest BCUT2D eigenvalue weighted by Gasteiger charge is -2.43. The topological polar surface area (TPSA) is 146 Å². The van der Waals surface area contributed by atoms with Crippen molar-refractivity contribution >= 4 is 40.9 Å². The number of aromatic hydroxyl groups is 1. The fourth-order valence-electron chi connectivity index (χ4n) is 7.00. The van der Waals surface area contributed by atoms with Crippen molar-refractivity contribution in [2.24, 2.45) is 29.6 Å². The minimum Gasteiger partial charge on any atom is -0.502 e. The first kappa shape index (κ1) is 23.4. The van der Waals surface area contributed by atoms with Crippen LogP contribution in [-0.2, 0) is 14.4 Å². The summed E-state index contributed by atoms with van der Waals surface area (Å²) in [5.41, 5.74) is 0.782. The van der Waals surface area contributed by atoms with Crippen LogP contribution in [0.1, 0.15) is 29.7 Å². The van der Waals surface area contributed by atoms with Crippen LogP contribution in [-0.4, -0.2) is 63.4 Å². The molecule has 10 nitrogen and oxygen atoms in total. The first-order valence-corrected chi connectivity index (χ1v) is 13.3. The number of amides is 2. The molecule has 3 N–H and O–H groups in total. The molecule has 190 valence electrons. The summed E-state index contributed by atoms with van der Waals surface area (Å²) in [7, 11) is 2.89. The Labute approximate surface area is 213 Å². The van der Waals surface area contributed by atoms with Crippen molar-refractivity contribution in [3.8, 4) is 17.2 Å². The number of methoxy groups -OCH3 is 2. The van der Waals surface area contributed by atoms with Crippen LogP contribution >= 0.6 is 23.1 Å². The third-order valence-corrected chi connectivity index (χ3v) is 11.0. The lowest BCUT2D eigenvalue weighted by Crippen LogP contribution is -2.44. The van der Waals surface area contributed by atoms with Crippen LogP contribution in [0, 0.1) is 29.6 Å². The molecule has 12 heteroatoms. The zero-order valence-electron chi connectivity index (χ0n) is 19.6. The fraction of sp³-hybridized carbons (Fsp3) is 0.500. The number of thioether (sulfide) groups is 1. The number of rotatable bonds is 5. The predicted molar refractivity (Wildman–Crippen MR) is 129 cm³/mol. The van der Waals surface area contributed by atoms with Crippen LogP contribution in [0.3, 0.4) is 0 Å². The Hall–Kier alpha value is -2.99. The number of hydrogen-bond acceptors (Lipinski definition) is 9. The molecule has 2 aliphatic heterocycles. The van der Waals surface area contributed by atoms with Gasteiger partial charge in [0.15, 0.2) is 11.5 Å². The quantitative estimate of drug-likeness (QED) is 0.493. The third kappa shape index (κ3) is 2.97. The number of phenolic OH excluding ortho intramolecular Hbond substituents is 1. The smallest absolute Gasteiger partial charge is 0.326 e. The normalized spacial score (nSPS) is 32.8. The van der Waals surface area contributed by atoms with Crippen molar-refractivity contribution in [1.82, 2.24) is 9.88 Å². The first-order chi connectivity index (χ1) is 17.2. The molecule has 36 heavy (non-hydrogen) atoms. The Kier molecular flexibility index (Phi) is 5.21. The Morgan fingerprint density at radius 2 is 1.72 bits per heavy atom. The molecule has 3 heterocycles. The van der Waals surface area contributed by atoms with Crippen LogP contribution in [0.5, 0.6) is 17.2 Å². The van der Waals surface area contributed by atoms with Crippen molar-refractivity contribution in [3.05, 3.63) is 32.2 Å². The van der Waals surface area contributed by atoms with Crippen molar-refractivity contribution < 1.29 is 34.1 Å². The molecular formula is C24H24N2O8S2. The van der Waals surface area contributed by atoms with Gasteiger partial charge in [-0.15, -0.1) is 11.8 Å². The molecular weight excluding hydrogens is 508 g/mol. The zero-order valence-corrected chi connectivity index (χ0v) is 21.2. The summed E-state index contributed by atoms with van der Waals surface area (Å²) in [6.07, 6.45) is 0.687. The minimum atomic E-state index is -1.22. The lowest BCUT2D eigenvalue weighted by molar-refractivity contribution is -0.154. The Morgan fingerprint density at radius 3 is 2.31 bits per heavy atom. The van der Waals surface area contributed by atoms with E-state index in [1.54, 1.807) is 23.9 Å². The maximum atomic E-state index is 13.5. The molecule has 3 fully saturated rings. The minimum absolute atomic E-state index is 0.0402. The average molecular weight is 533 g/mol. The Morgan fingerprint density at radius 1 is 1.11 bits per heavy atom. The van der Waals surface area contributed by atoms with Crippen molar-refractivity contribution in [3.63, 3.8) is 0 Å². The van der Waals surface area contributed by atoms with Crippen molar-refractivity contribution in [1.29, 1.82) is 0 Å². The highest BCUT2D eigenvalue weighted by molar-refractivity contribution is 8.00. The number of imide groups is 1. The van der Waals surface area contributed by atoms with E-state index in [1.807, 2.05) is 0 Å². The van der Waals surface area contributed by atoms with Gasteiger partial charge < -0.3 is 24.7 Å². The van der Waals surface area contributed by atoms with Gasteiger partial charge in [0.05, 0.1) is 31.1 Å². The number of thiazole rings is 1. The monoisotopic (exact) mass is 532 g/mol. The van der Waals surface area contributed by atoms with E-state index in [2.05, 4.69) is 4.98 Å². The highest BCUT2D eigenvalue weighted by Crippen LogP contribution is 2.69. The summed E-state index contributed by atoms with van der Waals surface area (Å²) >= 11 is 2.67. The Bertz CT molecular complexity index is 1340. The number of benzene rings is 1. The van der Waals surface area contributed by atoms with Gasteiger partial charge in [-0.05, 0) is 48.8 Å².